The van der Waals surface area contributed by atoms with Gasteiger partial charge in [-0.1, -0.05) is 22.8 Å². The van der Waals surface area contributed by atoms with Crippen LogP contribution in [0.15, 0.2) is 22.8 Å². The predicted molar refractivity (Wildman–Crippen MR) is 59.0 cm³/mol. The standard InChI is InChI=1S/C12H19NO/c1-8(2)11-6-5-9(3)12(7-11)13-10(4)14/h5,12H,6-7H2,1-4H3,(H,13,14). The summed E-state index contributed by atoms with van der Waals surface area (Å²) in [4.78, 5) is 11.0. The summed E-state index contributed by atoms with van der Waals surface area (Å²) in [6, 6.07) is 0.214. The summed E-state index contributed by atoms with van der Waals surface area (Å²) in [7, 11) is 0. The second-order valence-corrected chi connectivity index (χ2v) is 4.21. The maximum Gasteiger partial charge on any atom is 0.217 e. The molecule has 0 bridgehead atoms. The van der Waals surface area contributed by atoms with Crippen LogP contribution in [0.4, 0.5) is 0 Å². The summed E-state index contributed by atoms with van der Waals surface area (Å²) in [5.41, 5.74) is 4.11. The summed E-state index contributed by atoms with van der Waals surface area (Å²) in [5.74, 6) is 0.0535. The summed E-state index contributed by atoms with van der Waals surface area (Å²) in [6.07, 6.45) is 4.24. The average Bonchev–Trinajstić information content (AvgIpc) is 2.07. The molecule has 14 heavy (non-hydrogen) atoms. The minimum absolute atomic E-state index is 0.0535. The Morgan fingerprint density at radius 3 is 2.57 bits per heavy atom. The van der Waals surface area contributed by atoms with Crippen LogP contribution >= 0.6 is 0 Å². The molecule has 0 heterocycles. The Balaban J connectivity index is 2.77. The minimum atomic E-state index is 0.0535. The fraction of sp³-hybridized carbons (Fsp3) is 0.583. The molecular formula is C12H19NO. The van der Waals surface area contributed by atoms with Crippen LogP contribution < -0.4 is 5.32 Å². The van der Waals surface area contributed by atoms with Crippen LogP contribution in [0.25, 0.3) is 0 Å². The highest BCUT2D eigenvalue weighted by Gasteiger charge is 2.18. The number of carbonyl (C=O) groups is 1. The molecule has 1 aliphatic rings. The second kappa shape index (κ2) is 4.45. The second-order valence-electron chi connectivity index (χ2n) is 4.21. The molecule has 1 atom stereocenters. The van der Waals surface area contributed by atoms with Crippen molar-refractivity contribution in [3.8, 4) is 0 Å². The molecule has 0 aromatic rings. The van der Waals surface area contributed by atoms with Crippen LogP contribution in [-0.2, 0) is 4.79 Å². The molecule has 1 N–H and O–H groups in total. The minimum Gasteiger partial charge on any atom is -0.350 e. The van der Waals surface area contributed by atoms with Gasteiger partial charge in [-0.2, -0.15) is 0 Å². The van der Waals surface area contributed by atoms with E-state index in [0.717, 1.165) is 12.8 Å². The lowest BCUT2D eigenvalue weighted by molar-refractivity contribution is -0.119. The Morgan fingerprint density at radius 2 is 2.07 bits per heavy atom. The monoisotopic (exact) mass is 193 g/mol. The summed E-state index contributed by atoms with van der Waals surface area (Å²) < 4.78 is 0. The Morgan fingerprint density at radius 1 is 1.43 bits per heavy atom. The first-order valence-corrected chi connectivity index (χ1v) is 5.09. The van der Waals surface area contributed by atoms with Crippen LogP contribution in [0.5, 0.6) is 0 Å². The van der Waals surface area contributed by atoms with E-state index >= 15 is 0 Å². The zero-order chi connectivity index (χ0) is 10.7. The predicted octanol–water partition coefficient (Wildman–Crippen LogP) is 2.57. The Kier molecular flexibility index (Phi) is 3.50. The quantitative estimate of drug-likeness (QED) is 0.637. The van der Waals surface area contributed by atoms with Gasteiger partial charge in [0.1, 0.15) is 0 Å². The third-order valence-electron chi connectivity index (χ3n) is 2.76. The van der Waals surface area contributed by atoms with Crippen molar-refractivity contribution in [3.63, 3.8) is 0 Å². The molecule has 0 aromatic carbocycles. The molecule has 0 spiro atoms. The van der Waals surface area contributed by atoms with Crippen molar-refractivity contribution in [2.24, 2.45) is 0 Å². The van der Waals surface area contributed by atoms with E-state index in [-0.39, 0.29) is 11.9 Å². The highest BCUT2D eigenvalue weighted by atomic mass is 16.1. The lowest BCUT2D eigenvalue weighted by Gasteiger charge is -2.25. The third kappa shape index (κ3) is 2.72. The van der Waals surface area contributed by atoms with Crippen LogP contribution in [0.3, 0.4) is 0 Å². The van der Waals surface area contributed by atoms with Gasteiger partial charge in [-0.3, -0.25) is 4.79 Å². The normalized spacial score (nSPS) is 21.6. The molecule has 0 saturated heterocycles. The summed E-state index contributed by atoms with van der Waals surface area (Å²) in [6.45, 7) is 7.93. The van der Waals surface area contributed by atoms with Crippen molar-refractivity contribution < 1.29 is 4.79 Å². The molecule has 0 aliphatic heterocycles. The van der Waals surface area contributed by atoms with Crippen LogP contribution in [0.2, 0.25) is 0 Å². The molecule has 0 saturated carbocycles. The van der Waals surface area contributed by atoms with Gasteiger partial charge in [-0.25, -0.2) is 0 Å². The maximum absolute atomic E-state index is 11.0. The highest BCUT2D eigenvalue weighted by Crippen LogP contribution is 2.25. The molecule has 1 amide bonds. The van der Waals surface area contributed by atoms with Gasteiger partial charge in [-0.15, -0.1) is 0 Å². The first-order valence-electron chi connectivity index (χ1n) is 5.09. The maximum atomic E-state index is 11.0. The van der Waals surface area contributed by atoms with Crippen molar-refractivity contribution in [2.45, 2.75) is 46.6 Å². The lowest BCUT2D eigenvalue weighted by atomic mass is 9.88. The number of carbonyl (C=O) groups excluding carboxylic acids is 1. The van der Waals surface area contributed by atoms with Gasteiger partial charge in [0, 0.05) is 6.92 Å². The lowest BCUT2D eigenvalue weighted by Crippen LogP contribution is -2.35. The molecule has 1 aliphatic carbocycles. The molecule has 0 aromatic heterocycles. The van der Waals surface area contributed by atoms with Crippen LogP contribution in [0, 0.1) is 0 Å². The first-order chi connectivity index (χ1) is 6.50. The van der Waals surface area contributed by atoms with Crippen molar-refractivity contribution in [2.75, 3.05) is 0 Å². The molecule has 1 unspecified atom stereocenters. The Labute approximate surface area is 86.1 Å². The van der Waals surface area contributed by atoms with Gasteiger partial charge >= 0.3 is 0 Å². The fourth-order valence-corrected chi connectivity index (χ4v) is 1.74. The Bertz CT molecular complexity index is 295. The van der Waals surface area contributed by atoms with Crippen molar-refractivity contribution in [1.29, 1.82) is 0 Å². The smallest absolute Gasteiger partial charge is 0.217 e. The molecule has 2 nitrogen and oxygen atoms in total. The van der Waals surface area contributed by atoms with Gasteiger partial charge in [0.2, 0.25) is 5.91 Å². The van der Waals surface area contributed by atoms with E-state index in [4.69, 9.17) is 0 Å². The number of amides is 1. The highest BCUT2D eigenvalue weighted by molar-refractivity contribution is 5.73. The van der Waals surface area contributed by atoms with E-state index < -0.39 is 0 Å². The summed E-state index contributed by atoms with van der Waals surface area (Å²) >= 11 is 0. The Hall–Kier alpha value is -1.05. The largest absolute Gasteiger partial charge is 0.350 e. The number of hydrogen-bond acceptors (Lipinski definition) is 1. The number of rotatable bonds is 1. The molecule has 1 rings (SSSR count). The topological polar surface area (TPSA) is 29.1 Å². The fourth-order valence-electron chi connectivity index (χ4n) is 1.74. The number of nitrogens with one attached hydrogen (secondary N) is 1. The van der Waals surface area contributed by atoms with Gasteiger partial charge in [0.25, 0.3) is 0 Å². The van der Waals surface area contributed by atoms with E-state index in [1.807, 2.05) is 0 Å². The van der Waals surface area contributed by atoms with Crippen molar-refractivity contribution >= 4 is 5.91 Å². The van der Waals surface area contributed by atoms with Crippen molar-refractivity contribution in [1.82, 2.24) is 5.32 Å². The number of hydrogen-bond donors (Lipinski definition) is 1. The van der Waals surface area contributed by atoms with E-state index in [1.165, 1.54) is 16.7 Å². The van der Waals surface area contributed by atoms with E-state index in [1.54, 1.807) is 6.92 Å². The number of allylic oxidation sites excluding steroid dienone is 2. The zero-order valence-corrected chi connectivity index (χ0v) is 9.48. The first kappa shape index (κ1) is 11.0. The van der Waals surface area contributed by atoms with Gasteiger partial charge in [-0.05, 0) is 33.6 Å². The van der Waals surface area contributed by atoms with E-state index in [2.05, 4.69) is 32.2 Å². The van der Waals surface area contributed by atoms with Crippen molar-refractivity contribution in [3.05, 3.63) is 22.8 Å². The van der Waals surface area contributed by atoms with E-state index in [0.29, 0.717) is 0 Å². The third-order valence-corrected chi connectivity index (χ3v) is 2.76. The summed E-state index contributed by atoms with van der Waals surface area (Å²) in [5, 5.41) is 2.97. The van der Waals surface area contributed by atoms with Gasteiger partial charge in [0.15, 0.2) is 0 Å². The van der Waals surface area contributed by atoms with Crippen LogP contribution in [-0.4, -0.2) is 11.9 Å². The molecule has 0 radical (unpaired) electrons. The zero-order valence-electron chi connectivity index (χ0n) is 9.48. The molecular weight excluding hydrogens is 174 g/mol. The molecule has 2 heteroatoms. The van der Waals surface area contributed by atoms with Gasteiger partial charge in [0.05, 0.1) is 6.04 Å². The van der Waals surface area contributed by atoms with Gasteiger partial charge < -0.3 is 5.32 Å². The molecule has 78 valence electrons. The molecule has 0 fully saturated rings. The average molecular weight is 193 g/mol. The van der Waals surface area contributed by atoms with Crippen LogP contribution in [0.1, 0.15) is 40.5 Å². The van der Waals surface area contributed by atoms with E-state index in [9.17, 15) is 4.79 Å². The SMILES string of the molecule is CC(=O)NC1CC(=C(C)C)CC=C1C.